The van der Waals surface area contributed by atoms with Crippen LogP contribution in [0.25, 0.3) is 122 Å². The molecule has 12 aromatic rings. The third-order valence-electron chi connectivity index (χ3n) is 13.7. The highest BCUT2D eigenvalue weighted by atomic mass is 16.3. The van der Waals surface area contributed by atoms with Crippen molar-refractivity contribution in [3.63, 3.8) is 0 Å². The van der Waals surface area contributed by atoms with Gasteiger partial charge in [0.25, 0.3) is 0 Å². The molecular weight excluding hydrogens is 777 g/mol. The van der Waals surface area contributed by atoms with Gasteiger partial charge in [-0.15, -0.1) is 0 Å². The average molecular weight is 817 g/mol. The number of fused-ring (bicyclic) bond motifs is 10. The lowest BCUT2D eigenvalue weighted by atomic mass is 9.81. The van der Waals surface area contributed by atoms with Crippen LogP contribution in [0, 0.1) is 0 Å². The molecule has 0 radical (unpaired) electrons. The normalized spacial score (nSPS) is 13.0. The van der Waals surface area contributed by atoms with E-state index in [0.29, 0.717) is 5.82 Å². The predicted molar refractivity (Wildman–Crippen MR) is 267 cm³/mol. The summed E-state index contributed by atoms with van der Waals surface area (Å²) < 4.78 is 6.32. The van der Waals surface area contributed by atoms with Crippen LogP contribution in [0.2, 0.25) is 0 Å². The lowest BCUT2D eigenvalue weighted by molar-refractivity contribution is 0.661. The maximum Gasteiger partial charge on any atom is 0.160 e. The minimum absolute atomic E-state index is 0.124. The quantitative estimate of drug-likeness (QED) is 0.174. The van der Waals surface area contributed by atoms with Crippen molar-refractivity contribution < 1.29 is 4.42 Å². The van der Waals surface area contributed by atoms with E-state index in [2.05, 4.69) is 202 Å². The van der Waals surface area contributed by atoms with Crippen LogP contribution in [0.4, 0.5) is 0 Å². The van der Waals surface area contributed by atoms with Crippen molar-refractivity contribution in [2.24, 2.45) is 0 Å². The molecule has 3 nitrogen and oxygen atoms in total. The Balaban J connectivity index is 0.932. The van der Waals surface area contributed by atoms with E-state index in [1.54, 1.807) is 0 Å². The molecule has 0 spiro atoms. The summed E-state index contributed by atoms with van der Waals surface area (Å²) in [6, 6.07) is 74.2. The van der Waals surface area contributed by atoms with Gasteiger partial charge in [-0.25, -0.2) is 9.97 Å². The smallest absolute Gasteiger partial charge is 0.160 e. The summed E-state index contributed by atoms with van der Waals surface area (Å²) in [6.07, 6.45) is 0. The minimum Gasteiger partial charge on any atom is -0.456 e. The molecule has 0 fully saturated rings. The van der Waals surface area contributed by atoms with Crippen LogP contribution in [-0.2, 0) is 5.41 Å². The van der Waals surface area contributed by atoms with Crippen LogP contribution in [0.1, 0.15) is 25.0 Å². The van der Waals surface area contributed by atoms with Gasteiger partial charge in [-0.2, -0.15) is 0 Å². The molecule has 0 atom stereocenters. The van der Waals surface area contributed by atoms with Crippen molar-refractivity contribution >= 4 is 54.3 Å². The van der Waals surface area contributed by atoms with Gasteiger partial charge in [-0.1, -0.05) is 184 Å². The summed E-state index contributed by atoms with van der Waals surface area (Å²) in [5, 5.41) is 9.59. The van der Waals surface area contributed by atoms with E-state index in [0.717, 1.165) is 66.5 Å². The molecule has 0 N–H and O–H groups in total. The van der Waals surface area contributed by atoms with Crippen molar-refractivity contribution in [1.29, 1.82) is 0 Å². The molecule has 13 rings (SSSR count). The van der Waals surface area contributed by atoms with Crippen molar-refractivity contribution in [2.75, 3.05) is 0 Å². The highest BCUT2D eigenvalue weighted by Crippen LogP contribution is 2.54. The second kappa shape index (κ2) is 13.9. The molecule has 300 valence electrons. The molecule has 2 aromatic heterocycles. The van der Waals surface area contributed by atoms with E-state index >= 15 is 0 Å². The lowest BCUT2D eigenvalue weighted by Gasteiger charge is -2.22. The summed E-state index contributed by atoms with van der Waals surface area (Å²) in [7, 11) is 0. The Labute approximate surface area is 371 Å². The van der Waals surface area contributed by atoms with Gasteiger partial charge in [0, 0.05) is 32.9 Å². The van der Waals surface area contributed by atoms with Gasteiger partial charge in [0.2, 0.25) is 0 Å². The molecule has 0 aliphatic heterocycles. The van der Waals surface area contributed by atoms with Crippen molar-refractivity contribution in [1.82, 2.24) is 9.97 Å². The first-order valence-electron chi connectivity index (χ1n) is 22.1. The zero-order valence-electron chi connectivity index (χ0n) is 35.4. The van der Waals surface area contributed by atoms with Crippen molar-refractivity contribution in [2.45, 2.75) is 19.3 Å². The van der Waals surface area contributed by atoms with Crippen LogP contribution in [-0.4, -0.2) is 9.97 Å². The fraction of sp³-hybridized carbons (Fsp3) is 0.0492. The predicted octanol–water partition coefficient (Wildman–Crippen LogP) is 16.5. The topological polar surface area (TPSA) is 38.9 Å². The van der Waals surface area contributed by atoms with Crippen molar-refractivity contribution in [3.05, 3.63) is 217 Å². The van der Waals surface area contributed by atoms with E-state index in [-0.39, 0.29) is 5.41 Å². The van der Waals surface area contributed by atoms with Crippen LogP contribution < -0.4 is 0 Å². The summed E-state index contributed by atoms with van der Waals surface area (Å²) >= 11 is 0. The Bertz CT molecular complexity index is 3860. The maximum atomic E-state index is 6.32. The Hall–Kier alpha value is -8.14. The molecule has 0 saturated carbocycles. The van der Waals surface area contributed by atoms with E-state index in [1.165, 1.54) is 60.3 Å². The van der Waals surface area contributed by atoms with Crippen LogP contribution in [0.15, 0.2) is 211 Å². The first-order valence-corrected chi connectivity index (χ1v) is 22.1. The summed E-state index contributed by atoms with van der Waals surface area (Å²) in [5.41, 5.74) is 16.7. The van der Waals surface area contributed by atoms with Crippen molar-refractivity contribution in [3.8, 4) is 67.3 Å². The molecule has 1 aliphatic carbocycles. The molecule has 0 unspecified atom stereocenters. The molecule has 3 heteroatoms. The molecular formula is C61H40N2O. The molecule has 0 saturated heterocycles. The third-order valence-corrected chi connectivity index (χ3v) is 13.7. The Morgan fingerprint density at radius 2 is 1.00 bits per heavy atom. The van der Waals surface area contributed by atoms with Gasteiger partial charge in [0.05, 0.1) is 11.4 Å². The Morgan fingerprint density at radius 1 is 0.359 bits per heavy atom. The molecule has 1 aliphatic rings. The van der Waals surface area contributed by atoms with Gasteiger partial charge in [0.15, 0.2) is 5.82 Å². The van der Waals surface area contributed by atoms with Gasteiger partial charge in [0.1, 0.15) is 11.2 Å². The minimum atomic E-state index is -0.124. The summed E-state index contributed by atoms with van der Waals surface area (Å²) in [6.45, 7) is 4.73. The average Bonchev–Trinajstić information content (AvgIpc) is 3.84. The van der Waals surface area contributed by atoms with Gasteiger partial charge in [-0.3, -0.25) is 0 Å². The fourth-order valence-electron chi connectivity index (χ4n) is 10.5. The largest absolute Gasteiger partial charge is 0.456 e. The van der Waals surface area contributed by atoms with Gasteiger partial charge >= 0.3 is 0 Å². The number of hydrogen-bond donors (Lipinski definition) is 0. The fourth-order valence-corrected chi connectivity index (χ4v) is 10.5. The highest BCUT2D eigenvalue weighted by molar-refractivity contribution is 6.19. The van der Waals surface area contributed by atoms with Crippen LogP contribution >= 0.6 is 0 Å². The summed E-state index contributed by atoms with van der Waals surface area (Å²) in [5.74, 6) is 0.696. The number of hydrogen-bond acceptors (Lipinski definition) is 3. The number of benzene rings is 10. The second-order valence-electron chi connectivity index (χ2n) is 17.7. The zero-order valence-corrected chi connectivity index (χ0v) is 35.4. The lowest BCUT2D eigenvalue weighted by Crippen LogP contribution is -2.14. The monoisotopic (exact) mass is 816 g/mol. The number of nitrogens with zero attached hydrogens (tertiary/aromatic N) is 2. The zero-order chi connectivity index (χ0) is 42.5. The number of furan rings is 1. The highest BCUT2D eigenvalue weighted by Gasteiger charge is 2.37. The molecule has 64 heavy (non-hydrogen) atoms. The molecule has 10 aromatic carbocycles. The van der Waals surface area contributed by atoms with Gasteiger partial charge in [-0.05, 0) is 113 Å². The Kier molecular flexibility index (Phi) is 7.95. The SMILES string of the molecule is CC1(C)c2cc3ccccc3cc2-c2c(-c3ccc(-c4cc(-c5ccc(-c6ccc7oc8ccc9ccccc9c8c7c6)cc5)nc(-c5ccccc5)n4)c4ccccc34)cccc21. The molecule has 2 heterocycles. The van der Waals surface area contributed by atoms with Crippen LogP contribution in [0.3, 0.4) is 0 Å². The van der Waals surface area contributed by atoms with E-state index in [4.69, 9.17) is 14.4 Å². The second-order valence-corrected chi connectivity index (χ2v) is 17.7. The van der Waals surface area contributed by atoms with E-state index < -0.39 is 0 Å². The van der Waals surface area contributed by atoms with E-state index in [1.807, 2.05) is 18.2 Å². The number of aromatic nitrogens is 2. The first-order chi connectivity index (χ1) is 31.5. The van der Waals surface area contributed by atoms with Gasteiger partial charge < -0.3 is 4.42 Å². The maximum absolute atomic E-state index is 6.32. The summed E-state index contributed by atoms with van der Waals surface area (Å²) in [4.78, 5) is 10.5. The number of rotatable bonds is 5. The van der Waals surface area contributed by atoms with E-state index in [9.17, 15) is 0 Å². The molecule has 0 bridgehead atoms. The third kappa shape index (κ3) is 5.60. The first kappa shape index (κ1) is 36.5. The Morgan fingerprint density at radius 3 is 1.81 bits per heavy atom. The standard InChI is InChI=1S/C61H40N2O/c1-61(2)52-22-12-21-49(58(52)50-33-41-16-6-7-17-42(41)35-53(50)61)47-29-30-48(46-20-11-10-19-45(46)47)55-36-54(62-60(63-55)40-14-4-3-5-15-40)39-25-23-37(24-26-39)43-28-31-56-51(34-43)59-44-18-9-8-13-38(44)27-32-57(59)64-56/h3-36H,1-2H3. The van der Waals surface area contributed by atoms with Crippen LogP contribution in [0.5, 0.6) is 0 Å². The molecule has 0 amide bonds.